The summed E-state index contributed by atoms with van der Waals surface area (Å²) in [5.41, 5.74) is 2.00. The Labute approximate surface area is 106 Å². The molecule has 0 unspecified atom stereocenters. The van der Waals surface area contributed by atoms with Crippen molar-refractivity contribution in [2.45, 2.75) is 0 Å². The van der Waals surface area contributed by atoms with Gasteiger partial charge >= 0.3 is 6.03 Å². The van der Waals surface area contributed by atoms with E-state index in [0.29, 0.717) is 11.3 Å². The van der Waals surface area contributed by atoms with Gasteiger partial charge in [0.15, 0.2) is 0 Å². The van der Waals surface area contributed by atoms with E-state index in [1.54, 1.807) is 12.1 Å². The second-order valence-corrected chi connectivity index (χ2v) is 3.64. The van der Waals surface area contributed by atoms with Gasteiger partial charge in [-0.3, -0.25) is 0 Å². The van der Waals surface area contributed by atoms with Crippen molar-refractivity contribution in [1.29, 1.82) is 0 Å². The molecule has 0 aromatic heterocycles. The van der Waals surface area contributed by atoms with Crippen LogP contribution >= 0.6 is 0 Å². The lowest BCUT2D eigenvalue weighted by molar-refractivity contribution is 0.262. The molecule has 2 N–H and O–H groups in total. The molecule has 0 fully saturated rings. The van der Waals surface area contributed by atoms with Gasteiger partial charge in [0, 0.05) is 11.3 Å². The number of carbonyl (C=O) groups is 1. The molecule has 3 heteroatoms. The molecule has 2 aromatic rings. The van der Waals surface area contributed by atoms with Gasteiger partial charge in [-0.05, 0) is 24.3 Å². The van der Waals surface area contributed by atoms with Crippen molar-refractivity contribution in [3.05, 3.63) is 60.2 Å². The predicted octanol–water partition coefficient (Wildman–Crippen LogP) is 3.31. The molecule has 0 aliphatic rings. The second kappa shape index (κ2) is 5.55. The zero-order valence-electron chi connectivity index (χ0n) is 9.68. The largest absolute Gasteiger partial charge is 0.323 e. The first-order valence-electron chi connectivity index (χ1n) is 5.48. The Morgan fingerprint density at radius 1 is 0.944 bits per heavy atom. The van der Waals surface area contributed by atoms with Crippen molar-refractivity contribution in [3.8, 4) is 12.3 Å². The molecule has 0 saturated heterocycles. The van der Waals surface area contributed by atoms with Crippen molar-refractivity contribution < 1.29 is 4.79 Å². The number of hydrogen-bond acceptors (Lipinski definition) is 1. The van der Waals surface area contributed by atoms with Crippen LogP contribution in [0.25, 0.3) is 0 Å². The highest BCUT2D eigenvalue weighted by Gasteiger charge is 2.04. The van der Waals surface area contributed by atoms with Crippen molar-refractivity contribution >= 4 is 17.4 Å². The lowest BCUT2D eigenvalue weighted by atomic mass is 10.2. The summed E-state index contributed by atoms with van der Waals surface area (Å²) in [7, 11) is 0. The maximum atomic E-state index is 11.8. The number of rotatable bonds is 2. The third-order valence-electron chi connectivity index (χ3n) is 2.36. The van der Waals surface area contributed by atoms with Crippen molar-refractivity contribution in [1.82, 2.24) is 0 Å². The third kappa shape index (κ3) is 2.89. The normalized spacial score (nSPS) is 9.28. The summed E-state index contributed by atoms with van der Waals surface area (Å²) in [6, 6.07) is 16.1. The van der Waals surface area contributed by atoms with Gasteiger partial charge in [0.1, 0.15) is 0 Å². The van der Waals surface area contributed by atoms with Crippen LogP contribution in [0.4, 0.5) is 16.2 Å². The van der Waals surface area contributed by atoms with Crippen molar-refractivity contribution in [2.75, 3.05) is 10.6 Å². The van der Waals surface area contributed by atoms with Crippen LogP contribution in [0.3, 0.4) is 0 Å². The zero-order chi connectivity index (χ0) is 12.8. The Morgan fingerprint density at radius 2 is 1.61 bits per heavy atom. The summed E-state index contributed by atoms with van der Waals surface area (Å²) in [6.45, 7) is 0. The predicted molar refractivity (Wildman–Crippen MR) is 73.5 cm³/mol. The van der Waals surface area contributed by atoms with E-state index in [-0.39, 0.29) is 6.03 Å². The number of carbonyl (C=O) groups excluding carboxylic acids is 1. The number of urea groups is 1. The third-order valence-corrected chi connectivity index (χ3v) is 2.36. The fraction of sp³-hybridized carbons (Fsp3) is 0. The first kappa shape index (κ1) is 11.7. The molecule has 2 rings (SSSR count). The fourth-order valence-corrected chi connectivity index (χ4v) is 1.52. The van der Waals surface area contributed by atoms with Crippen LogP contribution in [-0.4, -0.2) is 6.03 Å². The Bertz CT molecular complexity index is 585. The van der Waals surface area contributed by atoms with Gasteiger partial charge in [-0.1, -0.05) is 36.3 Å². The number of terminal acetylenes is 1. The highest BCUT2D eigenvalue weighted by molar-refractivity contribution is 6.00. The molecule has 0 radical (unpaired) electrons. The monoisotopic (exact) mass is 236 g/mol. The molecular weight excluding hydrogens is 224 g/mol. The van der Waals surface area contributed by atoms with Crippen LogP contribution in [0.1, 0.15) is 5.56 Å². The van der Waals surface area contributed by atoms with Crippen molar-refractivity contribution in [2.24, 2.45) is 0 Å². The van der Waals surface area contributed by atoms with Gasteiger partial charge in [-0.15, -0.1) is 6.42 Å². The minimum absolute atomic E-state index is 0.316. The molecular formula is C15H12N2O. The lowest BCUT2D eigenvalue weighted by Crippen LogP contribution is -2.19. The molecule has 0 heterocycles. The van der Waals surface area contributed by atoms with E-state index in [1.165, 1.54) is 0 Å². The highest BCUT2D eigenvalue weighted by atomic mass is 16.2. The van der Waals surface area contributed by atoms with E-state index in [4.69, 9.17) is 6.42 Å². The van der Waals surface area contributed by atoms with Crippen LogP contribution in [-0.2, 0) is 0 Å². The standard InChI is InChI=1S/C15H12N2O/c1-2-12-8-6-7-11-14(12)17-15(18)16-13-9-4-3-5-10-13/h1,3-11H,(H2,16,17,18). The molecule has 0 atom stereocenters. The van der Waals surface area contributed by atoms with E-state index in [9.17, 15) is 4.79 Å². The number of hydrogen-bond donors (Lipinski definition) is 2. The van der Waals surface area contributed by atoms with Gasteiger partial charge in [0.2, 0.25) is 0 Å². The van der Waals surface area contributed by atoms with Crippen LogP contribution in [0.2, 0.25) is 0 Å². The Kier molecular flexibility index (Phi) is 3.62. The maximum Gasteiger partial charge on any atom is 0.323 e. The lowest BCUT2D eigenvalue weighted by Gasteiger charge is -2.08. The van der Waals surface area contributed by atoms with Gasteiger partial charge in [0.25, 0.3) is 0 Å². The zero-order valence-corrected chi connectivity index (χ0v) is 9.68. The van der Waals surface area contributed by atoms with Crippen molar-refractivity contribution in [3.63, 3.8) is 0 Å². The maximum absolute atomic E-state index is 11.8. The average Bonchev–Trinajstić information content (AvgIpc) is 2.40. The number of para-hydroxylation sites is 2. The Balaban J connectivity index is 2.06. The number of amides is 2. The van der Waals surface area contributed by atoms with E-state index < -0.39 is 0 Å². The smallest absolute Gasteiger partial charge is 0.308 e. The van der Waals surface area contributed by atoms with Crippen LogP contribution < -0.4 is 10.6 Å². The number of anilines is 2. The van der Waals surface area contributed by atoms with Gasteiger partial charge in [-0.25, -0.2) is 4.79 Å². The molecule has 2 aromatic carbocycles. The van der Waals surface area contributed by atoms with Gasteiger partial charge < -0.3 is 10.6 Å². The number of benzene rings is 2. The first-order valence-corrected chi connectivity index (χ1v) is 5.48. The molecule has 0 bridgehead atoms. The summed E-state index contributed by atoms with van der Waals surface area (Å²) in [4.78, 5) is 11.8. The summed E-state index contributed by atoms with van der Waals surface area (Å²) >= 11 is 0. The van der Waals surface area contributed by atoms with Crippen LogP contribution in [0.15, 0.2) is 54.6 Å². The first-order chi connectivity index (χ1) is 8.79. The molecule has 3 nitrogen and oxygen atoms in total. The fourth-order valence-electron chi connectivity index (χ4n) is 1.52. The molecule has 0 aliphatic heterocycles. The van der Waals surface area contributed by atoms with Crippen LogP contribution in [0.5, 0.6) is 0 Å². The molecule has 2 amide bonds. The summed E-state index contributed by atoms with van der Waals surface area (Å²) in [6.07, 6.45) is 5.36. The summed E-state index contributed by atoms with van der Waals surface area (Å²) in [5.74, 6) is 2.52. The molecule has 0 aliphatic carbocycles. The summed E-state index contributed by atoms with van der Waals surface area (Å²) < 4.78 is 0. The van der Waals surface area contributed by atoms with E-state index in [1.807, 2.05) is 42.5 Å². The topological polar surface area (TPSA) is 41.1 Å². The van der Waals surface area contributed by atoms with E-state index >= 15 is 0 Å². The van der Waals surface area contributed by atoms with Crippen LogP contribution in [0, 0.1) is 12.3 Å². The van der Waals surface area contributed by atoms with Gasteiger partial charge in [0.05, 0.1) is 5.69 Å². The molecule has 0 spiro atoms. The summed E-state index contributed by atoms with van der Waals surface area (Å²) in [5, 5.41) is 5.44. The second-order valence-electron chi connectivity index (χ2n) is 3.64. The van der Waals surface area contributed by atoms with E-state index in [2.05, 4.69) is 16.6 Å². The Hall–Kier alpha value is -2.73. The van der Waals surface area contributed by atoms with Gasteiger partial charge in [-0.2, -0.15) is 0 Å². The minimum Gasteiger partial charge on any atom is -0.308 e. The van der Waals surface area contributed by atoms with E-state index in [0.717, 1.165) is 5.69 Å². The number of nitrogens with one attached hydrogen (secondary N) is 2. The molecule has 88 valence electrons. The SMILES string of the molecule is C#Cc1ccccc1NC(=O)Nc1ccccc1. The quantitative estimate of drug-likeness (QED) is 0.772. The highest BCUT2D eigenvalue weighted by Crippen LogP contribution is 2.14. The Morgan fingerprint density at radius 3 is 2.33 bits per heavy atom. The molecule has 0 saturated carbocycles. The minimum atomic E-state index is -0.316. The average molecular weight is 236 g/mol. The molecule has 18 heavy (non-hydrogen) atoms.